The lowest BCUT2D eigenvalue weighted by Gasteiger charge is -2.17. The second kappa shape index (κ2) is 31.5. The van der Waals surface area contributed by atoms with E-state index >= 15 is 0 Å². The first-order valence-corrected chi connectivity index (χ1v) is 16.9. The Hall–Kier alpha value is -1.44. The van der Waals surface area contributed by atoms with Gasteiger partial charge in [-0.3, -0.25) is 0 Å². The molecule has 0 fully saturated rings. The van der Waals surface area contributed by atoms with Gasteiger partial charge in [0.05, 0.1) is 26.4 Å². The summed E-state index contributed by atoms with van der Waals surface area (Å²) in [7, 11) is 0. The highest BCUT2D eigenvalue weighted by atomic mass is 16.7. The van der Waals surface area contributed by atoms with Gasteiger partial charge < -0.3 is 33.2 Å². The number of ether oxygens (including phenoxy) is 7. The topological polar surface area (TPSA) is 64.6 Å². The molecule has 0 rings (SSSR count). The number of hydrogen-bond acceptors (Lipinski definition) is 7. The van der Waals surface area contributed by atoms with Gasteiger partial charge in [0.1, 0.15) is 38.3 Å². The zero-order chi connectivity index (χ0) is 30.2. The van der Waals surface area contributed by atoms with Crippen LogP contribution >= 0.6 is 0 Å². The Morgan fingerprint density at radius 2 is 0.659 bits per heavy atom. The summed E-state index contributed by atoms with van der Waals surface area (Å²) in [5.74, 6) is 3.32. The lowest BCUT2D eigenvalue weighted by molar-refractivity contribution is -0.131. The number of unbranched alkanes of at least 4 members (excludes halogenated alkanes) is 12. The minimum Gasteiger partial charge on any atom is -0.495 e. The molecule has 0 aliphatic rings. The predicted molar refractivity (Wildman–Crippen MR) is 168 cm³/mol. The van der Waals surface area contributed by atoms with Crippen LogP contribution in [0.25, 0.3) is 0 Å². The summed E-state index contributed by atoms with van der Waals surface area (Å²) >= 11 is 0. The summed E-state index contributed by atoms with van der Waals surface area (Å²) in [6.07, 6.45) is 19.5. The average Bonchev–Trinajstić information content (AvgIpc) is 2.97. The van der Waals surface area contributed by atoms with Crippen LogP contribution in [0.5, 0.6) is 0 Å². The van der Waals surface area contributed by atoms with E-state index in [-0.39, 0.29) is 13.6 Å². The first kappa shape index (κ1) is 39.6. The third kappa shape index (κ3) is 23.8. The molecule has 7 heteroatoms. The van der Waals surface area contributed by atoms with Crippen LogP contribution in [0.3, 0.4) is 0 Å². The molecule has 7 nitrogen and oxygen atoms in total. The van der Waals surface area contributed by atoms with Gasteiger partial charge in [-0.25, -0.2) is 0 Å². The molecule has 0 spiro atoms. The third-order valence-corrected chi connectivity index (χ3v) is 6.71. The molecule has 0 atom stereocenters. The zero-order valence-electron chi connectivity index (χ0n) is 27.8. The average molecular weight is 587 g/mol. The highest BCUT2D eigenvalue weighted by Gasteiger charge is 2.12. The molecule has 0 aromatic carbocycles. The van der Waals surface area contributed by atoms with Crippen molar-refractivity contribution in [3.05, 3.63) is 23.0 Å². The second-order valence-electron chi connectivity index (χ2n) is 10.3. The standard InChI is InChI=1S/C34H66O7/c1-7-13-15-17-19-21-23-25-31(38-9-3)33(40-11-5)27-35-29-37-30-36-28-34(41-12-6)32(39-10-4)26-24-22-20-18-16-14-8-2/h7-30H2,1-6H3. The normalized spacial score (nSPS) is 12.6. The van der Waals surface area contributed by atoms with Crippen LogP contribution in [0.4, 0.5) is 0 Å². The molecular formula is C34H66O7. The van der Waals surface area contributed by atoms with Crippen LogP contribution in [-0.2, 0) is 33.2 Å². The molecule has 0 radical (unpaired) electrons. The first-order valence-electron chi connectivity index (χ1n) is 16.9. The number of allylic oxidation sites excluding steroid dienone is 2. The molecule has 0 aromatic rings. The first-order chi connectivity index (χ1) is 20.2. The van der Waals surface area contributed by atoms with Crippen molar-refractivity contribution in [3.63, 3.8) is 0 Å². The summed E-state index contributed by atoms with van der Waals surface area (Å²) in [5, 5.41) is 0. The fourth-order valence-corrected chi connectivity index (χ4v) is 4.59. The van der Waals surface area contributed by atoms with Gasteiger partial charge in [-0.2, -0.15) is 0 Å². The maximum Gasteiger partial charge on any atom is 0.159 e. The summed E-state index contributed by atoms with van der Waals surface area (Å²) < 4.78 is 40.7. The van der Waals surface area contributed by atoms with Crippen molar-refractivity contribution in [1.29, 1.82) is 0 Å². The number of rotatable bonds is 32. The minimum absolute atomic E-state index is 0.109. The Balaban J connectivity index is 4.56. The van der Waals surface area contributed by atoms with Crippen LogP contribution in [0, 0.1) is 0 Å². The van der Waals surface area contributed by atoms with Gasteiger partial charge >= 0.3 is 0 Å². The molecular weight excluding hydrogens is 520 g/mol. The van der Waals surface area contributed by atoms with Gasteiger partial charge in [-0.1, -0.05) is 90.9 Å². The fourth-order valence-electron chi connectivity index (χ4n) is 4.59. The molecule has 0 unspecified atom stereocenters. The van der Waals surface area contributed by atoms with E-state index in [1.54, 1.807) is 0 Å². The summed E-state index contributed by atoms with van der Waals surface area (Å²) in [6, 6.07) is 0. The SMILES string of the molecule is CCCCCCCCCC(OCC)=C(COCOCOCC(OCC)=C(CCCCCCCCC)OCC)OCC. The fraction of sp³-hybridized carbons (Fsp3) is 0.882. The smallest absolute Gasteiger partial charge is 0.159 e. The van der Waals surface area contributed by atoms with Crippen molar-refractivity contribution in [1.82, 2.24) is 0 Å². The molecule has 0 saturated carbocycles. The maximum atomic E-state index is 5.92. The third-order valence-electron chi connectivity index (χ3n) is 6.71. The summed E-state index contributed by atoms with van der Waals surface area (Å²) in [4.78, 5) is 0. The maximum absolute atomic E-state index is 5.92. The van der Waals surface area contributed by atoms with Crippen LogP contribution < -0.4 is 0 Å². The van der Waals surface area contributed by atoms with Crippen LogP contribution in [0.1, 0.15) is 144 Å². The molecule has 0 aliphatic carbocycles. The van der Waals surface area contributed by atoms with Crippen molar-refractivity contribution in [2.24, 2.45) is 0 Å². The molecule has 0 aliphatic heterocycles. The van der Waals surface area contributed by atoms with Crippen molar-refractivity contribution in [3.8, 4) is 0 Å². The van der Waals surface area contributed by atoms with E-state index in [2.05, 4.69) is 13.8 Å². The molecule has 0 heterocycles. The Kier molecular flexibility index (Phi) is 30.4. The molecule has 0 aromatic heterocycles. The van der Waals surface area contributed by atoms with Crippen molar-refractivity contribution in [2.75, 3.05) is 53.2 Å². The van der Waals surface area contributed by atoms with E-state index < -0.39 is 0 Å². The Bertz CT molecular complexity index is 566. The highest BCUT2D eigenvalue weighted by molar-refractivity contribution is 5.03. The van der Waals surface area contributed by atoms with E-state index in [0.29, 0.717) is 39.6 Å². The van der Waals surface area contributed by atoms with E-state index in [0.717, 1.165) is 48.7 Å². The van der Waals surface area contributed by atoms with Crippen LogP contribution in [0.15, 0.2) is 23.0 Å². The predicted octanol–water partition coefficient (Wildman–Crippen LogP) is 9.80. The quantitative estimate of drug-likeness (QED) is 0.0441. The van der Waals surface area contributed by atoms with E-state index in [1.165, 1.54) is 77.0 Å². The van der Waals surface area contributed by atoms with Crippen molar-refractivity contribution in [2.45, 2.75) is 144 Å². The van der Waals surface area contributed by atoms with Gasteiger partial charge in [0, 0.05) is 12.8 Å². The van der Waals surface area contributed by atoms with E-state index in [4.69, 9.17) is 33.2 Å². The monoisotopic (exact) mass is 586 g/mol. The van der Waals surface area contributed by atoms with Crippen LogP contribution in [0.2, 0.25) is 0 Å². The van der Waals surface area contributed by atoms with Gasteiger partial charge in [0.15, 0.2) is 11.5 Å². The molecule has 0 N–H and O–H groups in total. The Morgan fingerprint density at radius 1 is 0.341 bits per heavy atom. The highest BCUT2D eigenvalue weighted by Crippen LogP contribution is 2.20. The van der Waals surface area contributed by atoms with Crippen molar-refractivity contribution < 1.29 is 33.2 Å². The van der Waals surface area contributed by atoms with Gasteiger partial charge in [0.2, 0.25) is 0 Å². The van der Waals surface area contributed by atoms with E-state index in [1.807, 2.05) is 27.7 Å². The zero-order valence-corrected chi connectivity index (χ0v) is 27.8. The molecule has 0 saturated heterocycles. The molecule has 41 heavy (non-hydrogen) atoms. The Morgan fingerprint density at radius 3 is 1.00 bits per heavy atom. The van der Waals surface area contributed by atoms with E-state index in [9.17, 15) is 0 Å². The molecule has 244 valence electrons. The second-order valence-corrected chi connectivity index (χ2v) is 10.3. The van der Waals surface area contributed by atoms with Crippen molar-refractivity contribution >= 4 is 0 Å². The largest absolute Gasteiger partial charge is 0.495 e. The van der Waals surface area contributed by atoms with Gasteiger partial charge in [0.25, 0.3) is 0 Å². The molecule has 0 amide bonds. The van der Waals surface area contributed by atoms with Gasteiger partial charge in [-0.15, -0.1) is 0 Å². The summed E-state index contributed by atoms with van der Waals surface area (Å²) in [5.41, 5.74) is 0. The Labute approximate surface area is 253 Å². The van der Waals surface area contributed by atoms with Crippen LogP contribution in [-0.4, -0.2) is 53.2 Å². The number of hydrogen-bond donors (Lipinski definition) is 0. The molecule has 0 bridgehead atoms. The summed E-state index contributed by atoms with van der Waals surface area (Å²) in [6.45, 7) is 15.7. The van der Waals surface area contributed by atoms with Gasteiger partial charge in [-0.05, 0) is 40.5 Å². The lowest BCUT2D eigenvalue weighted by atomic mass is 10.1. The lowest BCUT2D eigenvalue weighted by Crippen LogP contribution is -2.13. The minimum atomic E-state index is 0.109.